The van der Waals surface area contributed by atoms with Gasteiger partial charge in [0.2, 0.25) is 0 Å². The van der Waals surface area contributed by atoms with Gasteiger partial charge in [-0.1, -0.05) is 34.6 Å². The smallest absolute Gasteiger partial charge is 0.0456 e. The van der Waals surface area contributed by atoms with Crippen molar-refractivity contribution >= 4 is 11.9 Å². The molecule has 0 saturated heterocycles. The van der Waals surface area contributed by atoms with E-state index in [-0.39, 0.29) is 0 Å². The summed E-state index contributed by atoms with van der Waals surface area (Å²) < 4.78 is 0. The first-order valence-electron chi connectivity index (χ1n) is 4.50. The van der Waals surface area contributed by atoms with E-state index in [0.717, 1.165) is 12.8 Å². The lowest BCUT2D eigenvalue weighted by molar-refractivity contribution is 1.20. The van der Waals surface area contributed by atoms with Gasteiger partial charge in [-0.05, 0) is 6.42 Å². The van der Waals surface area contributed by atoms with Gasteiger partial charge >= 0.3 is 0 Å². The Bertz CT molecular complexity index is 115. The zero-order chi connectivity index (χ0) is 9.11. The lowest BCUT2D eigenvalue weighted by Gasteiger charge is -1.83. The summed E-state index contributed by atoms with van der Waals surface area (Å²) in [5.74, 6) is 0. The fraction of sp³-hybridized carbons (Fsp3) is 0.778. The molecular weight excluding hydrogens is 136 g/mol. The van der Waals surface area contributed by atoms with E-state index in [0.29, 0.717) is 0 Å². The van der Waals surface area contributed by atoms with Crippen molar-refractivity contribution in [2.24, 2.45) is 10.2 Å². The maximum atomic E-state index is 3.84. The molecule has 0 saturated carbocycles. The van der Waals surface area contributed by atoms with Gasteiger partial charge in [-0.25, -0.2) is 0 Å². The largest absolute Gasteiger partial charge is 0.163 e. The Morgan fingerprint density at radius 1 is 1.27 bits per heavy atom. The summed E-state index contributed by atoms with van der Waals surface area (Å²) in [6.45, 7) is 10.1. The minimum atomic E-state index is 0.969. The van der Waals surface area contributed by atoms with Crippen molar-refractivity contribution in [3.8, 4) is 0 Å². The molecule has 11 heavy (non-hydrogen) atoms. The first-order valence-corrected chi connectivity index (χ1v) is 4.50. The van der Waals surface area contributed by atoms with E-state index in [9.17, 15) is 0 Å². The minimum absolute atomic E-state index is 0.969. The van der Waals surface area contributed by atoms with Gasteiger partial charge in [-0.15, -0.1) is 0 Å². The molecule has 0 aromatic carbocycles. The average molecular weight is 156 g/mol. The van der Waals surface area contributed by atoms with Crippen molar-refractivity contribution < 1.29 is 0 Å². The molecule has 1 rings (SSSR count). The molecule has 0 bridgehead atoms. The summed E-state index contributed by atoms with van der Waals surface area (Å²) >= 11 is 0. The van der Waals surface area contributed by atoms with Crippen LogP contribution in [0.15, 0.2) is 10.2 Å². The maximum Gasteiger partial charge on any atom is 0.0456 e. The summed E-state index contributed by atoms with van der Waals surface area (Å²) in [6, 6.07) is 0. The Morgan fingerprint density at radius 3 is 2.00 bits per heavy atom. The van der Waals surface area contributed by atoms with Crippen LogP contribution in [0.4, 0.5) is 0 Å². The molecule has 66 valence electrons. The van der Waals surface area contributed by atoms with Gasteiger partial charge in [0.05, 0.1) is 0 Å². The first-order chi connectivity index (χ1) is 5.43. The van der Waals surface area contributed by atoms with Crippen LogP contribution in [0.3, 0.4) is 0 Å². The van der Waals surface area contributed by atoms with E-state index in [1.807, 2.05) is 33.9 Å². The van der Waals surface area contributed by atoms with Gasteiger partial charge in [0.25, 0.3) is 0 Å². The fourth-order valence-electron chi connectivity index (χ4n) is 0.525. The van der Waals surface area contributed by atoms with Crippen LogP contribution in [0.2, 0.25) is 0 Å². The molecule has 0 amide bonds. The average Bonchev–Trinajstić information content (AvgIpc) is 2.63. The zero-order valence-electron chi connectivity index (χ0n) is 8.39. The van der Waals surface area contributed by atoms with E-state index >= 15 is 0 Å². The highest BCUT2D eigenvalue weighted by molar-refractivity contribution is 5.97. The molecule has 0 spiro atoms. The number of hydrogen-bond donors (Lipinski definition) is 0. The lowest BCUT2D eigenvalue weighted by atomic mass is 10.2. The number of nitrogens with zero attached hydrogens (tertiary/aromatic N) is 2. The van der Waals surface area contributed by atoms with Gasteiger partial charge < -0.3 is 0 Å². The Labute approximate surface area is 70.4 Å². The molecule has 0 N–H and O–H groups in total. The molecule has 0 fully saturated rings. The molecule has 0 aromatic rings. The molecule has 0 aliphatic carbocycles. The van der Waals surface area contributed by atoms with Crippen molar-refractivity contribution in [3.05, 3.63) is 0 Å². The maximum absolute atomic E-state index is 3.84. The summed E-state index contributed by atoms with van der Waals surface area (Å²) in [4.78, 5) is 0. The molecular formula is C9H20N2. The quantitative estimate of drug-likeness (QED) is 0.556. The Kier molecular flexibility index (Phi) is 14.2. The molecule has 2 heteroatoms. The SMILES string of the molecule is CC.CC.CCC1=NN=CC1. The summed E-state index contributed by atoms with van der Waals surface area (Å²) in [5, 5.41) is 7.54. The fourth-order valence-corrected chi connectivity index (χ4v) is 0.525. The van der Waals surface area contributed by atoms with Crippen molar-refractivity contribution in [2.45, 2.75) is 47.5 Å². The Morgan fingerprint density at radius 2 is 1.82 bits per heavy atom. The van der Waals surface area contributed by atoms with Crippen molar-refractivity contribution in [3.63, 3.8) is 0 Å². The second kappa shape index (κ2) is 12.1. The number of hydrogen-bond acceptors (Lipinski definition) is 2. The van der Waals surface area contributed by atoms with Gasteiger partial charge in [0.1, 0.15) is 0 Å². The zero-order valence-corrected chi connectivity index (χ0v) is 8.39. The molecule has 1 aliphatic rings. The van der Waals surface area contributed by atoms with Gasteiger partial charge in [0.15, 0.2) is 0 Å². The van der Waals surface area contributed by atoms with Crippen LogP contribution >= 0.6 is 0 Å². The van der Waals surface area contributed by atoms with Crippen LogP contribution in [0, 0.1) is 0 Å². The van der Waals surface area contributed by atoms with Crippen molar-refractivity contribution in [2.75, 3.05) is 0 Å². The van der Waals surface area contributed by atoms with E-state index in [1.165, 1.54) is 5.71 Å². The van der Waals surface area contributed by atoms with Crippen LogP contribution in [-0.4, -0.2) is 11.9 Å². The summed E-state index contributed by atoms with van der Waals surface area (Å²) in [7, 11) is 0. The third-order valence-electron chi connectivity index (χ3n) is 1.02. The van der Waals surface area contributed by atoms with Gasteiger partial charge in [0, 0.05) is 18.3 Å². The monoisotopic (exact) mass is 156 g/mol. The topological polar surface area (TPSA) is 24.7 Å². The van der Waals surface area contributed by atoms with Crippen LogP contribution in [-0.2, 0) is 0 Å². The predicted octanol–water partition coefficient (Wildman–Crippen LogP) is 3.28. The highest BCUT2D eigenvalue weighted by atomic mass is 15.2. The second-order valence-corrected chi connectivity index (χ2v) is 1.52. The third-order valence-corrected chi connectivity index (χ3v) is 1.02. The molecule has 0 aromatic heterocycles. The summed E-state index contributed by atoms with van der Waals surface area (Å²) in [5.41, 5.74) is 1.19. The van der Waals surface area contributed by atoms with E-state index in [1.54, 1.807) is 0 Å². The first kappa shape index (κ1) is 13.0. The van der Waals surface area contributed by atoms with Crippen molar-refractivity contribution in [1.29, 1.82) is 0 Å². The molecule has 1 aliphatic heterocycles. The normalized spacial score (nSPS) is 12.3. The third kappa shape index (κ3) is 7.23. The molecule has 0 atom stereocenters. The van der Waals surface area contributed by atoms with Gasteiger partial charge in [-0.3, -0.25) is 0 Å². The van der Waals surface area contributed by atoms with Crippen LogP contribution in [0.1, 0.15) is 47.5 Å². The van der Waals surface area contributed by atoms with Crippen LogP contribution in [0.25, 0.3) is 0 Å². The van der Waals surface area contributed by atoms with Crippen LogP contribution in [0.5, 0.6) is 0 Å². The van der Waals surface area contributed by atoms with Crippen molar-refractivity contribution in [1.82, 2.24) is 0 Å². The van der Waals surface area contributed by atoms with E-state index < -0.39 is 0 Å². The summed E-state index contributed by atoms with van der Waals surface area (Å²) in [6.07, 6.45) is 3.84. The van der Waals surface area contributed by atoms with Crippen LogP contribution < -0.4 is 0 Å². The Hall–Kier alpha value is -0.660. The molecule has 0 unspecified atom stereocenters. The molecule has 0 radical (unpaired) electrons. The van der Waals surface area contributed by atoms with Gasteiger partial charge in [-0.2, -0.15) is 10.2 Å². The standard InChI is InChI=1S/C5H8N2.2C2H6/c1-2-5-3-4-6-7-5;2*1-2/h4H,2-3H2,1H3;2*1-2H3. The predicted molar refractivity (Wildman–Crippen MR) is 53.5 cm³/mol. The molecule has 1 heterocycles. The Balaban J connectivity index is 0. The second-order valence-electron chi connectivity index (χ2n) is 1.52. The number of rotatable bonds is 1. The van der Waals surface area contributed by atoms with E-state index in [4.69, 9.17) is 0 Å². The minimum Gasteiger partial charge on any atom is -0.163 e. The lowest BCUT2D eigenvalue weighted by Crippen LogP contribution is -1.88. The highest BCUT2D eigenvalue weighted by Gasteiger charge is 1.95. The molecule has 2 nitrogen and oxygen atoms in total. The van der Waals surface area contributed by atoms with E-state index in [2.05, 4.69) is 17.1 Å². The highest BCUT2D eigenvalue weighted by Crippen LogP contribution is 1.96.